The Morgan fingerprint density at radius 3 is 2.68 bits per heavy atom. The molecule has 0 atom stereocenters. The first-order chi connectivity index (χ1) is 9.18. The van der Waals surface area contributed by atoms with Crippen LogP contribution in [0.25, 0.3) is 16.5 Å². The molecule has 0 amide bonds. The van der Waals surface area contributed by atoms with Crippen molar-refractivity contribution in [3.8, 4) is 0 Å². The summed E-state index contributed by atoms with van der Waals surface area (Å²) in [6.45, 7) is 0. The van der Waals surface area contributed by atoms with Gasteiger partial charge in [-0.3, -0.25) is 9.59 Å². The smallest absolute Gasteiger partial charge is 0.200 e. The fourth-order valence-corrected chi connectivity index (χ4v) is 2.38. The number of hydrogen-bond acceptors (Lipinski definition) is 4. The van der Waals surface area contributed by atoms with Gasteiger partial charge in [0.15, 0.2) is 5.78 Å². The van der Waals surface area contributed by atoms with E-state index < -0.39 is 0 Å². The van der Waals surface area contributed by atoms with E-state index in [0.717, 1.165) is 0 Å². The van der Waals surface area contributed by atoms with Crippen LogP contribution < -0.4 is 5.43 Å². The molecule has 0 spiro atoms. The fourth-order valence-electron chi connectivity index (χ4n) is 2.38. The summed E-state index contributed by atoms with van der Waals surface area (Å²) in [6, 6.07) is 6.85. The molecule has 1 N–H and O–H groups in total. The summed E-state index contributed by atoms with van der Waals surface area (Å²) in [5.74, 6) is -0.217. The predicted molar refractivity (Wildman–Crippen MR) is 70.9 cm³/mol. The minimum Gasteiger partial charge on any atom is -0.512 e. The van der Waals surface area contributed by atoms with Crippen molar-refractivity contribution in [3.63, 3.8) is 0 Å². The molecule has 1 aromatic carbocycles. The Hall–Kier alpha value is -2.36. The molecule has 1 aromatic heterocycles. The van der Waals surface area contributed by atoms with Gasteiger partial charge < -0.3 is 9.52 Å². The van der Waals surface area contributed by atoms with Crippen LogP contribution in [0.3, 0.4) is 0 Å². The lowest BCUT2D eigenvalue weighted by molar-refractivity contribution is -0.114. The first-order valence-corrected chi connectivity index (χ1v) is 6.14. The quantitative estimate of drug-likeness (QED) is 0.851. The SMILES string of the molecule is O=C1CCCC(O)=C1c1coc2ccccc2c1=O. The van der Waals surface area contributed by atoms with Gasteiger partial charge in [-0.15, -0.1) is 0 Å². The molecule has 0 aliphatic heterocycles. The summed E-state index contributed by atoms with van der Waals surface area (Å²) >= 11 is 0. The lowest BCUT2D eigenvalue weighted by atomic mass is 9.91. The molecule has 1 aliphatic carbocycles. The van der Waals surface area contributed by atoms with E-state index in [0.29, 0.717) is 30.2 Å². The molecule has 4 heteroatoms. The average Bonchev–Trinajstić information content (AvgIpc) is 2.41. The maximum atomic E-state index is 12.4. The van der Waals surface area contributed by atoms with Crippen molar-refractivity contribution in [2.75, 3.05) is 0 Å². The van der Waals surface area contributed by atoms with Crippen molar-refractivity contribution in [2.24, 2.45) is 0 Å². The lowest BCUT2D eigenvalue weighted by Gasteiger charge is -2.14. The van der Waals surface area contributed by atoms with Crippen molar-refractivity contribution in [1.82, 2.24) is 0 Å². The Bertz CT molecular complexity index is 752. The minimum absolute atomic E-state index is 0.0150. The number of carbonyl (C=O) groups is 1. The second kappa shape index (κ2) is 4.39. The highest BCUT2D eigenvalue weighted by Crippen LogP contribution is 2.27. The largest absolute Gasteiger partial charge is 0.512 e. The predicted octanol–water partition coefficient (Wildman–Crippen LogP) is 2.82. The lowest BCUT2D eigenvalue weighted by Crippen LogP contribution is -2.17. The van der Waals surface area contributed by atoms with Crippen molar-refractivity contribution in [1.29, 1.82) is 0 Å². The molecular formula is C15H12O4. The zero-order valence-electron chi connectivity index (χ0n) is 10.2. The van der Waals surface area contributed by atoms with E-state index in [2.05, 4.69) is 0 Å². The second-order valence-corrected chi connectivity index (χ2v) is 4.57. The maximum Gasteiger partial charge on any atom is 0.200 e. The molecule has 0 unspecified atom stereocenters. The average molecular weight is 256 g/mol. The van der Waals surface area contributed by atoms with Gasteiger partial charge >= 0.3 is 0 Å². The second-order valence-electron chi connectivity index (χ2n) is 4.57. The molecule has 0 bridgehead atoms. The molecule has 0 saturated heterocycles. The molecule has 0 radical (unpaired) electrons. The Morgan fingerprint density at radius 2 is 1.89 bits per heavy atom. The maximum absolute atomic E-state index is 12.4. The Labute approximate surface area is 109 Å². The Kier molecular flexibility index (Phi) is 2.71. The third-order valence-electron chi connectivity index (χ3n) is 3.33. The first kappa shape index (κ1) is 11.7. The fraction of sp³-hybridized carbons (Fsp3) is 0.200. The van der Waals surface area contributed by atoms with E-state index in [-0.39, 0.29) is 28.1 Å². The number of Topliss-reactive ketones (excluding diaryl/α,β-unsaturated/α-hetero) is 1. The van der Waals surface area contributed by atoms with Gasteiger partial charge in [0, 0.05) is 12.8 Å². The van der Waals surface area contributed by atoms with Crippen molar-refractivity contribution in [3.05, 3.63) is 52.1 Å². The van der Waals surface area contributed by atoms with E-state index >= 15 is 0 Å². The zero-order chi connectivity index (χ0) is 13.4. The van der Waals surface area contributed by atoms with E-state index in [4.69, 9.17) is 4.42 Å². The number of aliphatic hydroxyl groups is 1. The van der Waals surface area contributed by atoms with Crippen LogP contribution in [-0.2, 0) is 4.79 Å². The van der Waals surface area contributed by atoms with Gasteiger partial charge in [-0.25, -0.2) is 0 Å². The van der Waals surface area contributed by atoms with Crippen LogP contribution in [0.1, 0.15) is 24.8 Å². The van der Waals surface area contributed by atoms with Gasteiger partial charge in [0.25, 0.3) is 0 Å². The standard InChI is InChI=1S/C15H12O4/c16-11-5-3-6-12(17)14(11)10-8-19-13-7-2-1-4-9(13)15(10)18/h1-2,4,7-8,16H,3,5-6H2. The zero-order valence-corrected chi connectivity index (χ0v) is 10.2. The van der Waals surface area contributed by atoms with Gasteiger partial charge in [0.1, 0.15) is 17.6 Å². The Morgan fingerprint density at radius 1 is 1.11 bits per heavy atom. The highest BCUT2D eigenvalue weighted by atomic mass is 16.3. The molecule has 4 nitrogen and oxygen atoms in total. The Balaban J connectivity index is 2.29. The third-order valence-corrected chi connectivity index (χ3v) is 3.33. The summed E-state index contributed by atoms with van der Waals surface area (Å²) in [4.78, 5) is 24.3. The number of hydrogen-bond donors (Lipinski definition) is 1. The third kappa shape index (κ3) is 1.85. The van der Waals surface area contributed by atoms with E-state index in [9.17, 15) is 14.7 Å². The van der Waals surface area contributed by atoms with Gasteiger partial charge in [-0.05, 0) is 18.6 Å². The van der Waals surface area contributed by atoms with Crippen LogP contribution in [0, 0.1) is 0 Å². The van der Waals surface area contributed by atoms with Crippen LogP contribution in [0.15, 0.2) is 45.5 Å². The number of allylic oxidation sites excluding steroid dienone is 2. The van der Waals surface area contributed by atoms with Crippen molar-refractivity contribution < 1.29 is 14.3 Å². The van der Waals surface area contributed by atoms with E-state index in [1.165, 1.54) is 6.26 Å². The number of fused-ring (bicyclic) bond motifs is 1. The van der Waals surface area contributed by atoms with Gasteiger partial charge in [0.05, 0.1) is 16.5 Å². The molecule has 3 rings (SSSR count). The molecular weight excluding hydrogens is 244 g/mol. The normalized spacial score (nSPS) is 16.1. The number of benzene rings is 1. The molecule has 1 heterocycles. The van der Waals surface area contributed by atoms with Crippen LogP contribution in [-0.4, -0.2) is 10.9 Å². The van der Waals surface area contributed by atoms with E-state index in [1.54, 1.807) is 24.3 Å². The molecule has 0 fully saturated rings. The summed E-state index contributed by atoms with van der Waals surface area (Å²) in [5.41, 5.74) is 0.463. The molecule has 96 valence electrons. The number of aliphatic hydroxyl groups excluding tert-OH is 1. The van der Waals surface area contributed by atoms with E-state index in [1.807, 2.05) is 0 Å². The number of carbonyl (C=O) groups excluding carboxylic acids is 1. The van der Waals surface area contributed by atoms with Crippen LogP contribution >= 0.6 is 0 Å². The van der Waals surface area contributed by atoms with Crippen LogP contribution in [0.2, 0.25) is 0 Å². The number of rotatable bonds is 1. The summed E-state index contributed by atoms with van der Waals surface area (Å²) in [6.07, 6.45) is 2.66. The first-order valence-electron chi connectivity index (χ1n) is 6.14. The molecule has 0 saturated carbocycles. The molecule has 1 aliphatic rings. The summed E-state index contributed by atoms with van der Waals surface area (Å²) < 4.78 is 5.38. The minimum atomic E-state index is -0.279. The van der Waals surface area contributed by atoms with Crippen LogP contribution in [0.5, 0.6) is 0 Å². The summed E-state index contributed by atoms with van der Waals surface area (Å²) in [5, 5.41) is 10.3. The van der Waals surface area contributed by atoms with Gasteiger partial charge in [0.2, 0.25) is 5.43 Å². The number of para-hydroxylation sites is 1. The topological polar surface area (TPSA) is 67.5 Å². The molecule has 2 aromatic rings. The highest BCUT2D eigenvalue weighted by molar-refractivity contribution is 6.22. The number of ketones is 1. The van der Waals surface area contributed by atoms with Gasteiger partial charge in [-0.2, -0.15) is 0 Å². The van der Waals surface area contributed by atoms with Crippen LogP contribution in [0.4, 0.5) is 0 Å². The summed E-state index contributed by atoms with van der Waals surface area (Å²) in [7, 11) is 0. The highest BCUT2D eigenvalue weighted by Gasteiger charge is 2.24. The molecule has 19 heavy (non-hydrogen) atoms. The van der Waals surface area contributed by atoms with Crippen molar-refractivity contribution >= 4 is 22.3 Å². The van der Waals surface area contributed by atoms with Crippen molar-refractivity contribution in [2.45, 2.75) is 19.3 Å². The van der Waals surface area contributed by atoms with Gasteiger partial charge in [-0.1, -0.05) is 12.1 Å². The monoisotopic (exact) mass is 256 g/mol.